The molecule has 1 aliphatic heterocycles. The highest BCUT2D eigenvalue weighted by Crippen LogP contribution is 2.35. The zero-order valence-electron chi connectivity index (χ0n) is 10.7. The summed E-state index contributed by atoms with van der Waals surface area (Å²) in [6, 6.07) is 4.13. The van der Waals surface area contributed by atoms with Gasteiger partial charge in [0.25, 0.3) is 0 Å². The molecule has 0 amide bonds. The maximum Gasteiger partial charge on any atom is 0.104 e. The van der Waals surface area contributed by atoms with Gasteiger partial charge in [-0.25, -0.2) is 0 Å². The fourth-order valence-corrected chi connectivity index (χ4v) is 4.05. The zero-order valence-corrected chi connectivity index (χ0v) is 11.5. The number of hydrogen-bond donors (Lipinski definition) is 1. The Kier molecular flexibility index (Phi) is 3.24. The molecule has 1 aliphatic rings. The van der Waals surface area contributed by atoms with E-state index in [1.54, 1.807) is 0 Å². The van der Waals surface area contributed by atoms with Crippen LogP contribution < -0.4 is 5.73 Å². The summed E-state index contributed by atoms with van der Waals surface area (Å²) in [6.45, 7) is 6.26. The number of nitrogens with two attached hydrogens (primary N) is 1. The molecule has 4 heteroatoms. The first-order valence-corrected chi connectivity index (χ1v) is 7.34. The van der Waals surface area contributed by atoms with Crippen LogP contribution in [0.25, 0.3) is 5.00 Å². The molecule has 3 rings (SSSR count). The first-order valence-electron chi connectivity index (χ1n) is 6.52. The van der Waals surface area contributed by atoms with Crippen molar-refractivity contribution in [3.8, 4) is 5.00 Å². The number of aromatic nitrogens is 1. The molecule has 0 unspecified atom stereocenters. The van der Waals surface area contributed by atoms with Gasteiger partial charge in [-0.05, 0) is 30.7 Å². The second-order valence-corrected chi connectivity index (χ2v) is 5.78. The molecule has 2 N–H and O–H groups in total. The van der Waals surface area contributed by atoms with Gasteiger partial charge in [0.2, 0.25) is 0 Å². The van der Waals surface area contributed by atoms with Gasteiger partial charge in [0.15, 0.2) is 0 Å². The largest absolute Gasteiger partial charge is 0.326 e. The lowest BCUT2D eigenvalue weighted by Gasteiger charge is -2.25. The van der Waals surface area contributed by atoms with Crippen LogP contribution in [0.2, 0.25) is 0 Å². The maximum absolute atomic E-state index is 5.97. The van der Waals surface area contributed by atoms with Gasteiger partial charge in [-0.1, -0.05) is 6.92 Å². The van der Waals surface area contributed by atoms with Crippen LogP contribution in [0.4, 0.5) is 0 Å². The van der Waals surface area contributed by atoms with E-state index < -0.39 is 0 Å². The van der Waals surface area contributed by atoms with Gasteiger partial charge in [0, 0.05) is 42.5 Å². The van der Waals surface area contributed by atoms with Crippen molar-refractivity contribution in [1.29, 1.82) is 0 Å². The lowest BCUT2D eigenvalue weighted by molar-refractivity contribution is 0.271. The Morgan fingerprint density at radius 1 is 1.33 bits per heavy atom. The Bertz CT molecular complexity index is 527. The predicted molar refractivity (Wildman–Crippen MR) is 76.2 cm³/mol. The third-order valence-corrected chi connectivity index (χ3v) is 4.99. The number of likely N-dealkylation sites (N-methyl/N-ethyl adjacent to an activating group) is 1. The maximum atomic E-state index is 5.97. The molecule has 0 radical (unpaired) electrons. The quantitative estimate of drug-likeness (QED) is 0.920. The summed E-state index contributed by atoms with van der Waals surface area (Å²) in [5, 5.41) is 1.31. The van der Waals surface area contributed by atoms with Crippen LogP contribution in [0, 0.1) is 0 Å². The van der Waals surface area contributed by atoms with Crippen molar-refractivity contribution in [3.63, 3.8) is 0 Å². The molecule has 0 saturated carbocycles. The Balaban J connectivity index is 2.04. The van der Waals surface area contributed by atoms with Crippen LogP contribution >= 0.6 is 11.3 Å². The first kappa shape index (κ1) is 12.0. The van der Waals surface area contributed by atoms with Crippen LogP contribution in [0.1, 0.15) is 22.9 Å². The highest BCUT2D eigenvalue weighted by molar-refractivity contribution is 7.14. The molecule has 0 fully saturated rings. The molecule has 3 heterocycles. The SMILES string of the molecule is CCN1CCc2c(sc(-n3cccc3)c2CN)C1. The number of rotatable bonds is 3. The summed E-state index contributed by atoms with van der Waals surface area (Å²) in [5.41, 5.74) is 8.83. The van der Waals surface area contributed by atoms with Crippen molar-refractivity contribution in [1.82, 2.24) is 9.47 Å². The van der Waals surface area contributed by atoms with E-state index in [4.69, 9.17) is 5.73 Å². The Morgan fingerprint density at radius 2 is 2.11 bits per heavy atom. The van der Waals surface area contributed by atoms with Gasteiger partial charge in [0.1, 0.15) is 5.00 Å². The Labute approximate surface area is 112 Å². The minimum absolute atomic E-state index is 0.644. The third-order valence-electron chi connectivity index (χ3n) is 3.71. The number of nitrogens with zero attached hydrogens (tertiary/aromatic N) is 2. The van der Waals surface area contributed by atoms with Crippen molar-refractivity contribution in [3.05, 3.63) is 40.5 Å². The molecule has 96 valence electrons. The van der Waals surface area contributed by atoms with Crippen molar-refractivity contribution in [2.45, 2.75) is 26.4 Å². The fraction of sp³-hybridized carbons (Fsp3) is 0.429. The van der Waals surface area contributed by atoms with Crippen molar-refractivity contribution in [2.24, 2.45) is 5.73 Å². The lowest BCUT2D eigenvalue weighted by Crippen LogP contribution is -2.29. The smallest absolute Gasteiger partial charge is 0.104 e. The van der Waals surface area contributed by atoms with Gasteiger partial charge in [-0.2, -0.15) is 0 Å². The molecule has 0 saturated heterocycles. The summed E-state index contributed by atoms with van der Waals surface area (Å²) in [7, 11) is 0. The second-order valence-electron chi connectivity index (χ2n) is 4.70. The average Bonchev–Trinajstić information content (AvgIpc) is 3.04. The van der Waals surface area contributed by atoms with E-state index in [1.807, 2.05) is 11.3 Å². The number of thiophene rings is 1. The van der Waals surface area contributed by atoms with E-state index in [-0.39, 0.29) is 0 Å². The van der Waals surface area contributed by atoms with Crippen molar-refractivity contribution < 1.29 is 0 Å². The van der Waals surface area contributed by atoms with E-state index in [1.165, 1.54) is 27.5 Å². The van der Waals surface area contributed by atoms with Gasteiger partial charge < -0.3 is 10.3 Å². The van der Waals surface area contributed by atoms with Crippen molar-refractivity contribution in [2.75, 3.05) is 13.1 Å². The monoisotopic (exact) mass is 261 g/mol. The molecule has 0 atom stereocenters. The molecule has 3 nitrogen and oxygen atoms in total. The lowest BCUT2D eigenvalue weighted by atomic mass is 10.0. The average molecular weight is 261 g/mol. The van der Waals surface area contributed by atoms with Crippen LogP contribution in [0.3, 0.4) is 0 Å². The molecule has 0 bridgehead atoms. The van der Waals surface area contributed by atoms with Gasteiger partial charge in [-0.3, -0.25) is 4.90 Å². The molecule has 0 aliphatic carbocycles. The second kappa shape index (κ2) is 4.88. The van der Waals surface area contributed by atoms with Crippen LogP contribution in [-0.4, -0.2) is 22.6 Å². The van der Waals surface area contributed by atoms with Crippen LogP contribution in [-0.2, 0) is 19.5 Å². The first-order chi connectivity index (χ1) is 8.83. The van der Waals surface area contributed by atoms with E-state index >= 15 is 0 Å². The molecule has 0 aromatic carbocycles. The van der Waals surface area contributed by atoms with Crippen LogP contribution in [0.15, 0.2) is 24.5 Å². The van der Waals surface area contributed by atoms with E-state index in [9.17, 15) is 0 Å². The summed E-state index contributed by atoms with van der Waals surface area (Å²) in [4.78, 5) is 4.01. The molecule has 2 aromatic rings. The normalized spacial score (nSPS) is 15.9. The van der Waals surface area contributed by atoms with Gasteiger partial charge >= 0.3 is 0 Å². The Morgan fingerprint density at radius 3 is 2.78 bits per heavy atom. The highest BCUT2D eigenvalue weighted by Gasteiger charge is 2.23. The summed E-state index contributed by atoms with van der Waals surface area (Å²) >= 11 is 1.90. The molecule has 18 heavy (non-hydrogen) atoms. The minimum atomic E-state index is 0.644. The summed E-state index contributed by atoms with van der Waals surface area (Å²) < 4.78 is 2.20. The molecule has 0 spiro atoms. The molecule has 2 aromatic heterocycles. The van der Waals surface area contributed by atoms with Crippen molar-refractivity contribution >= 4 is 11.3 Å². The fourth-order valence-electron chi connectivity index (χ4n) is 2.67. The number of hydrogen-bond acceptors (Lipinski definition) is 3. The van der Waals surface area contributed by atoms with Gasteiger partial charge in [0.05, 0.1) is 0 Å². The highest BCUT2D eigenvalue weighted by atomic mass is 32.1. The van der Waals surface area contributed by atoms with E-state index in [0.717, 1.165) is 19.5 Å². The molecular weight excluding hydrogens is 242 g/mol. The van der Waals surface area contributed by atoms with E-state index in [2.05, 4.69) is 40.9 Å². The molecular formula is C14H19N3S. The minimum Gasteiger partial charge on any atom is -0.326 e. The standard InChI is InChI=1S/C14H19N3S/c1-2-16-8-5-11-12(9-15)14(18-13(11)10-16)17-6-3-4-7-17/h3-4,6-7H,2,5,8-10,15H2,1H3. The third kappa shape index (κ3) is 1.90. The Hall–Kier alpha value is -1.10. The number of fused-ring (bicyclic) bond motifs is 1. The zero-order chi connectivity index (χ0) is 12.5. The van der Waals surface area contributed by atoms with Gasteiger partial charge in [-0.15, -0.1) is 11.3 Å². The topological polar surface area (TPSA) is 34.2 Å². The van der Waals surface area contributed by atoms with Crippen LogP contribution in [0.5, 0.6) is 0 Å². The summed E-state index contributed by atoms with van der Waals surface area (Å²) in [6.07, 6.45) is 5.36. The predicted octanol–water partition coefficient (Wildman–Crippen LogP) is 2.38. The van der Waals surface area contributed by atoms with E-state index in [0.29, 0.717) is 6.54 Å². The summed E-state index contributed by atoms with van der Waals surface area (Å²) in [5.74, 6) is 0.